The number of nitrogens with zero attached hydrogens (tertiary/aromatic N) is 1. The van der Waals surface area contributed by atoms with Crippen molar-refractivity contribution in [3.05, 3.63) is 23.0 Å². The average Bonchev–Trinajstić information content (AvgIpc) is 2.28. The molecule has 0 fully saturated rings. The van der Waals surface area contributed by atoms with E-state index >= 15 is 0 Å². The van der Waals surface area contributed by atoms with Gasteiger partial charge in [0.25, 0.3) is 6.43 Å². The lowest BCUT2D eigenvalue weighted by Crippen LogP contribution is -2.12. The Morgan fingerprint density at radius 1 is 1.65 bits per heavy atom. The first-order valence-corrected chi connectivity index (χ1v) is 5.80. The fourth-order valence-electron chi connectivity index (χ4n) is 1.32. The largest absolute Gasteiger partial charge is 0.469 e. The first-order valence-electron chi connectivity index (χ1n) is 4.68. The first kappa shape index (κ1) is 13.8. The Morgan fingerprint density at radius 3 is 2.76 bits per heavy atom. The van der Waals surface area contributed by atoms with E-state index in [9.17, 15) is 13.6 Å². The average molecular weight is 309 g/mol. The second kappa shape index (κ2) is 5.90. The third-order valence-corrected chi connectivity index (χ3v) is 2.83. The number of anilines is 1. The van der Waals surface area contributed by atoms with E-state index in [0.29, 0.717) is 10.9 Å². The van der Waals surface area contributed by atoms with E-state index in [4.69, 9.17) is 5.73 Å². The van der Waals surface area contributed by atoms with Crippen molar-refractivity contribution in [1.29, 1.82) is 0 Å². The molecule has 0 aromatic carbocycles. The highest BCUT2D eigenvalue weighted by Crippen LogP contribution is 2.31. The summed E-state index contributed by atoms with van der Waals surface area (Å²) in [5.74, 6) is -0.634. The Hall–Kier alpha value is -1.24. The van der Waals surface area contributed by atoms with Gasteiger partial charge < -0.3 is 10.5 Å². The summed E-state index contributed by atoms with van der Waals surface area (Å²) in [4.78, 5) is 14.9. The maximum absolute atomic E-state index is 12.9. The van der Waals surface area contributed by atoms with E-state index in [-0.39, 0.29) is 17.8 Å². The first-order chi connectivity index (χ1) is 8.01. The molecule has 1 rings (SSSR count). The van der Waals surface area contributed by atoms with Crippen LogP contribution in [0.2, 0.25) is 0 Å². The summed E-state index contributed by atoms with van der Waals surface area (Å²) < 4.78 is 30.2. The molecule has 94 valence electrons. The fourth-order valence-corrected chi connectivity index (χ4v) is 1.77. The molecule has 0 unspecified atom stereocenters. The minimum atomic E-state index is -2.78. The van der Waals surface area contributed by atoms with E-state index in [1.165, 1.54) is 13.3 Å². The molecule has 0 aliphatic heterocycles. The zero-order valence-electron chi connectivity index (χ0n) is 9.04. The third-order valence-electron chi connectivity index (χ3n) is 2.22. The number of hydrogen-bond donors (Lipinski definition) is 1. The van der Waals surface area contributed by atoms with Crippen LogP contribution in [0.15, 0.2) is 6.20 Å². The van der Waals surface area contributed by atoms with Gasteiger partial charge in [0, 0.05) is 22.8 Å². The number of ether oxygens (including phenoxy) is 1. The van der Waals surface area contributed by atoms with Crippen LogP contribution in [0.25, 0.3) is 0 Å². The number of pyridine rings is 1. The van der Waals surface area contributed by atoms with Crippen molar-refractivity contribution in [3.8, 4) is 0 Å². The van der Waals surface area contributed by atoms with E-state index in [1.807, 2.05) is 0 Å². The molecule has 0 bridgehead atoms. The quantitative estimate of drug-likeness (QED) is 0.684. The molecule has 0 amide bonds. The molecule has 0 radical (unpaired) electrons. The summed E-state index contributed by atoms with van der Waals surface area (Å²) >= 11 is 3.12. The van der Waals surface area contributed by atoms with Crippen LogP contribution in [0.4, 0.5) is 14.5 Å². The van der Waals surface area contributed by atoms with Crippen molar-refractivity contribution in [2.24, 2.45) is 0 Å². The molecule has 1 heterocycles. The number of halogens is 3. The minimum Gasteiger partial charge on any atom is -0.469 e. The molecule has 0 aliphatic carbocycles. The third kappa shape index (κ3) is 3.12. The van der Waals surface area contributed by atoms with Crippen molar-refractivity contribution >= 4 is 27.6 Å². The highest BCUT2D eigenvalue weighted by molar-refractivity contribution is 9.08. The van der Waals surface area contributed by atoms with Crippen molar-refractivity contribution in [3.63, 3.8) is 0 Å². The molecular weight excluding hydrogens is 298 g/mol. The summed E-state index contributed by atoms with van der Waals surface area (Å²) in [6.45, 7) is 0. The van der Waals surface area contributed by atoms with Gasteiger partial charge in [-0.1, -0.05) is 15.9 Å². The molecule has 2 N–H and O–H groups in total. The predicted octanol–water partition coefficient (Wildman–Crippen LogP) is 2.21. The van der Waals surface area contributed by atoms with Gasteiger partial charge in [0.05, 0.1) is 24.8 Å². The molecule has 0 saturated heterocycles. The van der Waals surface area contributed by atoms with Gasteiger partial charge in [-0.3, -0.25) is 9.78 Å². The topological polar surface area (TPSA) is 65.2 Å². The van der Waals surface area contributed by atoms with Gasteiger partial charge in [0.2, 0.25) is 0 Å². The molecule has 4 nitrogen and oxygen atoms in total. The van der Waals surface area contributed by atoms with Gasteiger partial charge in [-0.05, 0) is 0 Å². The second-order valence-corrected chi connectivity index (χ2v) is 3.81. The van der Waals surface area contributed by atoms with Crippen molar-refractivity contribution in [2.45, 2.75) is 18.2 Å². The lowest BCUT2D eigenvalue weighted by molar-refractivity contribution is -0.139. The normalized spacial score (nSPS) is 10.6. The lowest BCUT2D eigenvalue weighted by atomic mass is 10.1. The molecule has 1 aromatic heterocycles. The van der Waals surface area contributed by atoms with Crippen LogP contribution in [0, 0.1) is 0 Å². The standard InChI is InChI=1S/C10H11BrF2N2O2/c1-17-7(16)2-6-8(10(12)13)9(14)5(3-11)4-15-6/h4,10H,2-3H2,1H3,(H2,14,15). The number of carbonyl (C=O) groups is 1. The molecule has 0 atom stereocenters. The van der Waals surface area contributed by atoms with Gasteiger partial charge in [0.1, 0.15) is 0 Å². The summed E-state index contributed by atoms with van der Waals surface area (Å²) in [5.41, 5.74) is 5.60. The Labute approximate surface area is 105 Å². The molecule has 0 saturated carbocycles. The minimum absolute atomic E-state index is 0.0363. The molecule has 7 heteroatoms. The highest BCUT2D eigenvalue weighted by atomic mass is 79.9. The van der Waals surface area contributed by atoms with Gasteiger partial charge >= 0.3 is 5.97 Å². The fraction of sp³-hybridized carbons (Fsp3) is 0.400. The second-order valence-electron chi connectivity index (χ2n) is 3.24. The number of rotatable bonds is 4. The number of carbonyl (C=O) groups excluding carboxylic acids is 1. The predicted molar refractivity (Wildman–Crippen MR) is 62.0 cm³/mol. The summed E-state index contributed by atoms with van der Waals surface area (Å²) in [6.07, 6.45) is -1.72. The Morgan fingerprint density at radius 2 is 2.29 bits per heavy atom. The molecular formula is C10H11BrF2N2O2. The Kier molecular flexibility index (Phi) is 4.80. The van der Waals surface area contributed by atoms with Crippen LogP contribution in [0.1, 0.15) is 23.2 Å². The zero-order chi connectivity index (χ0) is 13.0. The number of aromatic nitrogens is 1. The number of nitrogens with two attached hydrogens (primary N) is 1. The van der Waals surface area contributed by atoms with Crippen LogP contribution in [0.3, 0.4) is 0 Å². The Balaban J connectivity index is 3.21. The number of hydrogen-bond acceptors (Lipinski definition) is 4. The van der Waals surface area contributed by atoms with Gasteiger partial charge in [-0.25, -0.2) is 8.78 Å². The van der Waals surface area contributed by atoms with Crippen molar-refractivity contribution in [1.82, 2.24) is 4.98 Å². The maximum atomic E-state index is 12.9. The SMILES string of the molecule is COC(=O)Cc1ncc(CBr)c(N)c1C(F)F. The van der Waals surface area contributed by atoms with Crippen LogP contribution in [-0.4, -0.2) is 18.1 Å². The highest BCUT2D eigenvalue weighted by Gasteiger charge is 2.22. The van der Waals surface area contributed by atoms with E-state index in [2.05, 4.69) is 25.7 Å². The van der Waals surface area contributed by atoms with Gasteiger partial charge in [-0.2, -0.15) is 0 Å². The van der Waals surface area contributed by atoms with Crippen molar-refractivity contribution in [2.75, 3.05) is 12.8 Å². The lowest BCUT2D eigenvalue weighted by Gasteiger charge is -2.12. The van der Waals surface area contributed by atoms with Crippen LogP contribution < -0.4 is 5.73 Å². The molecule has 0 spiro atoms. The van der Waals surface area contributed by atoms with Crippen molar-refractivity contribution < 1.29 is 18.3 Å². The van der Waals surface area contributed by atoms with Gasteiger partial charge in [-0.15, -0.1) is 0 Å². The van der Waals surface area contributed by atoms with Crippen LogP contribution in [-0.2, 0) is 21.3 Å². The van der Waals surface area contributed by atoms with E-state index < -0.39 is 18.0 Å². The summed E-state index contributed by atoms with van der Waals surface area (Å²) in [6, 6.07) is 0. The molecule has 1 aromatic rings. The number of methoxy groups -OCH3 is 1. The maximum Gasteiger partial charge on any atom is 0.311 e. The molecule has 0 aliphatic rings. The Bertz CT molecular complexity index is 427. The smallest absolute Gasteiger partial charge is 0.311 e. The van der Waals surface area contributed by atoms with E-state index in [0.717, 1.165) is 0 Å². The number of alkyl halides is 3. The van der Waals surface area contributed by atoms with Crippen LogP contribution in [0.5, 0.6) is 0 Å². The molecule has 17 heavy (non-hydrogen) atoms. The monoisotopic (exact) mass is 308 g/mol. The van der Waals surface area contributed by atoms with E-state index in [1.54, 1.807) is 0 Å². The zero-order valence-corrected chi connectivity index (χ0v) is 10.6. The summed E-state index contributed by atoms with van der Waals surface area (Å²) in [7, 11) is 1.18. The number of esters is 1. The van der Waals surface area contributed by atoms with Gasteiger partial charge in [0.15, 0.2) is 0 Å². The van der Waals surface area contributed by atoms with Crippen LogP contribution >= 0.6 is 15.9 Å². The number of nitrogen functional groups attached to an aromatic ring is 1. The summed E-state index contributed by atoms with van der Waals surface area (Å²) in [5, 5.41) is 0.323.